The van der Waals surface area contributed by atoms with Crippen molar-refractivity contribution in [2.75, 3.05) is 6.54 Å². The van der Waals surface area contributed by atoms with Gasteiger partial charge in [-0.25, -0.2) is 4.79 Å². The Bertz CT molecular complexity index is 989. The van der Waals surface area contributed by atoms with Crippen molar-refractivity contribution < 1.29 is 24.2 Å². The zero-order valence-electron chi connectivity index (χ0n) is 35.1. The van der Waals surface area contributed by atoms with Gasteiger partial charge in [0.2, 0.25) is 5.91 Å². The molecule has 0 aromatic carbocycles. The highest BCUT2D eigenvalue weighted by Gasteiger charge is 2.18. The van der Waals surface area contributed by atoms with Crippen LogP contribution in [-0.4, -0.2) is 41.6 Å². The maximum Gasteiger partial charge on any atom is 0.326 e. The van der Waals surface area contributed by atoms with Crippen LogP contribution in [0.1, 0.15) is 213 Å². The van der Waals surface area contributed by atoms with Crippen molar-refractivity contribution in [1.82, 2.24) is 5.32 Å². The molecule has 0 rings (SSSR count). The molecule has 312 valence electrons. The van der Waals surface area contributed by atoms with Gasteiger partial charge in [0.15, 0.2) is 0 Å². The summed E-state index contributed by atoms with van der Waals surface area (Å²) in [6.07, 6.45) is 50.4. The number of esters is 1. The van der Waals surface area contributed by atoms with Gasteiger partial charge in [0.05, 0.1) is 0 Å². The van der Waals surface area contributed by atoms with Gasteiger partial charge in [0.1, 0.15) is 12.1 Å². The minimum absolute atomic E-state index is 0.0803. The first-order chi connectivity index (χ1) is 26.4. The van der Waals surface area contributed by atoms with Crippen LogP contribution in [0.15, 0.2) is 48.6 Å². The molecule has 0 radical (unpaired) electrons. The lowest BCUT2D eigenvalue weighted by molar-refractivity contribution is -0.147. The summed E-state index contributed by atoms with van der Waals surface area (Å²) in [5.74, 6) is -1.29. The predicted molar refractivity (Wildman–Crippen MR) is 230 cm³/mol. The number of amides is 1. The molecule has 1 amide bonds. The van der Waals surface area contributed by atoms with E-state index in [1.807, 2.05) is 0 Å². The molecule has 0 saturated carbocycles. The highest BCUT2D eigenvalue weighted by atomic mass is 16.5. The van der Waals surface area contributed by atoms with E-state index in [4.69, 9.17) is 10.5 Å². The molecule has 0 aliphatic carbocycles. The SMILES string of the molecule is CCCCC/C=C\C/C=C\CCCCCCCCCCCC(=O)OC(/C=C\C/C=C\CCCCC)CCCCCCCCC(=O)NC(CCCN)C(=O)O. The fourth-order valence-corrected chi connectivity index (χ4v) is 6.43. The summed E-state index contributed by atoms with van der Waals surface area (Å²) in [5, 5.41) is 11.9. The largest absolute Gasteiger partial charge is 0.480 e. The van der Waals surface area contributed by atoms with Crippen LogP contribution in [-0.2, 0) is 19.1 Å². The third-order valence-electron chi connectivity index (χ3n) is 9.85. The maximum atomic E-state index is 12.7. The van der Waals surface area contributed by atoms with Crippen LogP contribution in [0.4, 0.5) is 0 Å². The first kappa shape index (κ1) is 51.3. The second kappa shape index (κ2) is 41.5. The number of rotatable bonds is 40. The van der Waals surface area contributed by atoms with Gasteiger partial charge in [-0.3, -0.25) is 9.59 Å². The summed E-state index contributed by atoms with van der Waals surface area (Å²) in [6, 6.07) is -0.857. The molecule has 2 unspecified atom stereocenters. The first-order valence-electron chi connectivity index (χ1n) is 22.5. The molecule has 0 saturated heterocycles. The van der Waals surface area contributed by atoms with Gasteiger partial charge in [0.25, 0.3) is 0 Å². The number of aliphatic carboxylic acids is 1. The highest BCUT2D eigenvalue weighted by molar-refractivity contribution is 5.83. The van der Waals surface area contributed by atoms with Gasteiger partial charge in [0, 0.05) is 12.8 Å². The van der Waals surface area contributed by atoms with E-state index in [1.54, 1.807) is 0 Å². The minimum atomic E-state index is -1.01. The highest BCUT2D eigenvalue weighted by Crippen LogP contribution is 2.16. The van der Waals surface area contributed by atoms with Crippen molar-refractivity contribution in [3.8, 4) is 0 Å². The molecule has 0 heterocycles. The summed E-state index contributed by atoms with van der Waals surface area (Å²) >= 11 is 0. The first-order valence-corrected chi connectivity index (χ1v) is 22.5. The molecule has 7 nitrogen and oxygen atoms in total. The molecule has 0 fully saturated rings. The summed E-state index contributed by atoms with van der Waals surface area (Å²) in [5.41, 5.74) is 5.47. The van der Waals surface area contributed by atoms with Gasteiger partial charge >= 0.3 is 11.9 Å². The quantitative estimate of drug-likeness (QED) is 0.0325. The number of carboxylic acid groups (broad SMARTS) is 1. The molecule has 0 aromatic rings. The van der Waals surface area contributed by atoms with Crippen molar-refractivity contribution in [1.29, 1.82) is 0 Å². The average Bonchev–Trinajstić information content (AvgIpc) is 3.16. The number of hydrogen-bond donors (Lipinski definition) is 3. The summed E-state index contributed by atoms with van der Waals surface area (Å²) < 4.78 is 5.94. The molecule has 54 heavy (non-hydrogen) atoms. The molecular formula is C47H84N2O5. The smallest absolute Gasteiger partial charge is 0.326 e. The van der Waals surface area contributed by atoms with Gasteiger partial charge in [-0.05, 0) is 103 Å². The van der Waals surface area contributed by atoms with Crippen LogP contribution >= 0.6 is 0 Å². The van der Waals surface area contributed by atoms with Crippen LogP contribution in [0.25, 0.3) is 0 Å². The number of hydrogen-bond acceptors (Lipinski definition) is 5. The van der Waals surface area contributed by atoms with Crippen molar-refractivity contribution in [3.05, 3.63) is 48.6 Å². The van der Waals surface area contributed by atoms with Crippen molar-refractivity contribution >= 4 is 17.8 Å². The number of carboxylic acids is 1. The van der Waals surface area contributed by atoms with E-state index >= 15 is 0 Å². The standard InChI is InChI=1S/C47H84N2O5/c1-3-5-7-9-11-13-14-15-16-17-18-19-20-21-22-23-25-31-35-41-46(51)54-43(37-32-28-24-12-10-8-6-4-2)38-33-29-26-27-30-34-40-45(50)49-44(47(52)53)39-36-42-48/h11-13,15-16,24,32,37,43-44H,3-10,14,17-23,25-31,33-36,38-42,48H2,1-2H3,(H,49,50)(H,52,53)/b13-11-,16-15-,24-12-,37-32-. The fourth-order valence-electron chi connectivity index (χ4n) is 6.43. The van der Waals surface area contributed by atoms with E-state index in [0.717, 1.165) is 77.0 Å². The van der Waals surface area contributed by atoms with Gasteiger partial charge in [-0.15, -0.1) is 0 Å². The lowest BCUT2D eigenvalue weighted by atomic mass is 10.0. The van der Waals surface area contributed by atoms with E-state index in [2.05, 4.69) is 67.8 Å². The molecule has 0 aliphatic rings. The summed E-state index contributed by atoms with van der Waals surface area (Å²) in [6.45, 7) is 4.88. The number of nitrogens with one attached hydrogen (secondary N) is 1. The van der Waals surface area contributed by atoms with Gasteiger partial charge in [-0.2, -0.15) is 0 Å². The third kappa shape index (κ3) is 37.6. The Labute approximate surface area is 332 Å². The second-order valence-electron chi connectivity index (χ2n) is 15.1. The maximum absolute atomic E-state index is 12.7. The Hall–Kier alpha value is -2.67. The number of allylic oxidation sites excluding steroid dienone is 7. The van der Waals surface area contributed by atoms with E-state index in [0.29, 0.717) is 32.2 Å². The van der Waals surface area contributed by atoms with E-state index in [1.165, 1.54) is 96.3 Å². The Morgan fingerprint density at radius 2 is 1.02 bits per heavy atom. The van der Waals surface area contributed by atoms with E-state index in [-0.39, 0.29) is 18.0 Å². The summed E-state index contributed by atoms with van der Waals surface area (Å²) in [4.78, 5) is 36.2. The Morgan fingerprint density at radius 3 is 1.54 bits per heavy atom. The van der Waals surface area contributed by atoms with Gasteiger partial charge in [-0.1, -0.05) is 153 Å². The zero-order valence-corrected chi connectivity index (χ0v) is 35.1. The molecule has 0 spiro atoms. The number of carbonyl (C=O) groups excluding carboxylic acids is 2. The van der Waals surface area contributed by atoms with Crippen LogP contribution in [0.3, 0.4) is 0 Å². The zero-order chi connectivity index (χ0) is 39.6. The lowest BCUT2D eigenvalue weighted by Gasteiger charge is -2.15. The van der Waals surface area contributed by atoms with Crippen molar-refractivity contribution in [3.63, 3.8) is 0 Å². The molecule has 4 N–H and O–H groups in total. The van der Waals surface area contributed by atoms with Crippen LogP contribution in [0.2, 0.25) is 0 Å². The molecule has 2 atom stereocenters. The fraction of sp³-hybridized carbons (Fsp3) is 0.766. The van der Waals surface area contributed by atoms with Crippen molar-refractivity contribution in [2.24, 2.45) is 5.73 Å². The summed E-state index contributed by atoms with van der Waals surface area (Å²) in [7, 11) is 0. The molecule has 0 aromatic heterocycles. The number of unbranched alkanes of at least 4 members (excludes halogenated alkanes) is 20. The average molecular weight is 757 g/mol. The Morgan fingerprint density at radius 1 is 0.556 bits per heavy atom. The van der Waals surface area contributed by atoms with E-state index in [9.17, 15) is 19.5 Å². The lowest BCUT2D eigenvalue weighted by Crippen LogP contribution is -2.40. The van der Waals surface area contributed by atoms with Crippen molar-refractivity contribution in [2.45, 2.75) is 225 Å². The number of carbonyl (C=O) groups is 3. The topological polar surface area (TPSA) is 119 Å². The van der Waals surface area contributed by atoms with E-state index < -0.39 is 12.0 Å². The minimum Gasteiger partial charge on any atom is -0.480 e. The Kier molecular flexibility index (Phi) is 39.4. The van der Waals surface area contributed by atoms with Gasteiger partial charge < -0.3 is 20.9 Å². The second-order valence-corrected chi connectivity index (χ2v) is 15.1. The van der Waals surface area contributed by atoms with Crippen LogP contribution < -0.4 is 11.1 Å². The Balaban J connectivity index is 4.21. The normalized spacial score (nSPS) is 13.1. The molecule has 7 heteroatoms. The molecule has 0 aliphatic heterocycles. The molecular weight excluding hydrogens is 673 g/mol. The van der Waals surface area contributed by atoms with Crippen LogP contribution in [0, 0.1) is 0 Å². The monoisotopic (exact) mass is 757 g/mol. The van der Waals surface area contributed by atoms with Crippen LogP contribution in [0.5, 0.6) is 0 Å². The number of nitrogens with two attached hydrogens (primary N) is 1. The third-order valence-corrected chi connectivity index (χ3v) is 9.85. The number of ether oxygens (including phenoxy) is 1. The molecule has 0 bridgehead atoms. The predicted octanol–water partition coefficient (Wildman–Crippen LogP) is 12.8.